The summed E-state index contributed by atoms with van der Waals surface area (Å²) >= 11 is 3.42. The molecule has 0 spiro atoms. The van der Waals surface area contributed by atoms with E-state index in [4.69, 9.17) is 0 Å². The molecule has 0 radical (unpaired) electrons. The van der Waals surface area contributed by atoms with Crippen molar-refractivity contribution in [1.29, 1.82) is 0 Å². The number of rotatable bonds is 3. The lowest BCUT2D eigenvalue weighted by Gasteiger charge is -2.33. The molecule has 1 saturated carbocycles. The zero-order valence-corrected chi connectivity index (χ0v) is 12.8. The van der Waals surface area contributed by atoms with Crippen molar-refractivity contribution >= 4 is 21.8 Å². The van der Waals surface area contributed by atoms with Crippen LogP contribution < -0.4 is 0 Å². The number of hydrogen-bond acceptors (Lipinski definition) is 2. The van der Waals surface area contributed by atoms with E-state index in [1.54, 1.807) is 0 Å². The topological polar surface area (TPSA) is 40.5 Å². The minimum Gasteiger partial charge on any atom is -0.393 e. The second-order valence-corrected chi connectivity index (χ2v) is 6.19. The molecule has 0 bridgehead atoms. The fourth-order valence-electron chi connectivity index (χ4n) is 2.60. The van der Waals surface area contributed by atoms with Crippen molar-refractivity contribution in [2.75, 3.05) is 7.05 Å². The summed E-state index contributed by atoms with van der Waals surface area (Å²) in [7, 11) is 1.88. The molecule has 1 aliphatic carbocycles. The second kappa shape index (κ2) is 6.53. The van der Waals surface area contributed by atoms with Gasteiger partial charge in [-0.05, 0) is 43.4 Å². The summed E-state index contributed by atoms with van der Waals surface area (Å²) < 4.78 is 1.00. The van der Waals surface area contributed by atoms with Gasteiger partial charge in [0.15, 0.2) is 0 Å². The maximum atomic E-state index is 12.3. The first-order chi connectivity index (χ1) is 9.06. The monoisotopic (exact) mass is 325 g/mol. The van der Waals surface area contributed by atoms with Crippen LogP contribution in [0.2, 0.25) is 0 Å². The average molecular weight is 326 g/mol. The van der Waals surface area contributed by atoms with Crippen LogP contribution in [0.15, 0.2) is 28.7 Å². The van der Waals surface area contributed by atoms with Gasteiger partial charge in [-0.1, -0.05) is 28.1 Å². The van der Waals surface area contributed by atoms with Crippen molar-refractivity contribution in [3.63, 3.8) is 0 Å². The molecule has 0 atom stereocenters. The second-order valence-electron chi connectivity index (χ2n) is 5.27. The van der Waals surface area contributed by atoms with Crippen LogP contribution in [-0.2, 0) is 11.2 Å². The lowest BCUT2D eigenvalue weighted by Crippen LogP contribution is -2.41. The van der Waals surface area contributed by atoms with Crippen molar-refractivity contribution in [3.8, 4) is 0 Å². The van der Waals surface area contributed by atoms with E-state index in [1.807, 2.05) is 36.2 Å². The van der Waals surface area contributed by atoms with Crippen molar-refractivity contribution in [2.45, 2.75) is 44.2 Å². The van der Waals surface area contributed by atoms with Gasteiger partial charge in [-0.2, -0.15) is 0 Å². The largest absolute Gasteiger partial charge is 0.393 e. The molecule has 0 saturated heterocycles. The molecule has 0 heterocycles. The summed E-state index contributed by atoms with van der Waals surface area (Å²) in [6.45, 7) is 0. The molecule has 1 N–H and O–H groups in total. The molecule has 1 aliphatic rings. The predicted molar refractivity (Wildman–Crippen MR) is 78.9 cm³/mol. The van der Waals surface area contributed by atoms with Gasteiger partial charge in [0.1, 0.15) is 0 Å². The third-order valence-electron chi connectivity index (χ3n) is 3.85. The summed E-state index contributed by atoms with van der Waals surface area (Å²) in [5.74, 6) is 0.152. The summed E-state index contributed by atoms with van der Waals surface area (Å²) in [5, 5.41) is 9.50. The van der Waals surface area contributed by atoms with E-state index in [9.17, 15) is 9.90 Å². The number of aliphatic hydroxyl groups excluding tert-OH is 1. The Balaban J connectivity index is 1.92. The van der Waals surface area contributed by atoms with Crippen molar-refractivity contribution in [3.05, 3.63) is 34.3 Å². The van der Waals surface area contributed by atoms with Gasteiger partial charge in [-0.25, -0.2) is 0 Å². The fourth-order valence-corrected chi connectivity index (χ4v) is 3.04. The Morgan fingerprint density at radius 2 is 2.05 bits per heavy atom. The summed E-state index contributed by atoms with van der Waals surface area (Å²) in [6, 6.07) is 8.14. The number of nitrogens with zero attached hydrogens (tertiary/aromatic N) is 1. The number of hydrogen-bond donors (Lipinski definition) is 1. The molecular weight excluding hydrogens is 306 g/mol. The Morgan fingerprint density at radius 1 is 1.37 bits per heavy atom. The van der Waals surface area contributed by atoms with Crippen LogP contribution in [0.5, 0.6) is 0 Å². The molecule has 0 aromatic heterocycles. The summed E-state index contributed by atoms with van der Waals surface area (Å²) in [4.78, 5) is 14.1. The van der Waals surface area contributed by atoms with Crippen molar-refractivity contribution in [1.82, 2.24) is 4.90 Å². The molecular formula is C15H20BrNO2. The smallest absolute Gasteiger partial charge is 0.226 e. The average Bonchev–Trinajstić information content (AvgIpc) is 2.39. The first kappa shape index (κ1) is 14.5. The van der Waals surface area contributed by atoms with Crippen LogP contribution in [0, 0.1) is 0 Å². The van der Waals surface area contributed by atoms with Gasteiger partial charge >= 0.3 is 0 Å². The maximum Gasteiger partial charge on any atom is 0.226 e. The Kier molecular flexibility index (Phi) is 4.99. The quantitative estimate of drug-likeness (QED) is 0.928. The SMILES string of the molecule is CN(C(=O)Cc1cccc(Br)c1)C1CCC(O)CC1. The number of benzene rings is 1. The van der Waals surface area contributed by atoms with Gasteiger partial charge in [0, 0.05) is 17.6 Å². The zero-order chi connectivity index (χ0) is 13.8. The van der Waals surface area contributed by atoms with E-state index >= 15 is 0 Å². The molecule has 0 aliphatic heterocycles. The molecule has 4 heteroatoms. The molecule has 2 rings (SSSR count). The molecule has 104 valence electrons. The van der Waals surface area contributed by atoms with E-state index in [0.29, 0.717) is 6.42 Å². The minimum absolute atomic E-state index is 0.152. The highest BCUT2D eigenvalue weighted by molar-refractivity contribution is 9.10. The fraction of sp³-hybridized carbons (Fsp3) is 0.533. The van der Waals surface area contributed by atoms with Gasteiger partial charge < -0.3 is 10.0 Å². The van der Waals surface area contributed by atoms with Gasteiger partial charge in [0.2, 0.25) is 5.91 Å². The number of likely N-dealkylation sites (N-methyl/N-ethyl adjacent to an activating group) is 1. The highest BCUT2D eigenvalue weighted by atomic mass is 79.9. The van der Waals surface area contributed by atoms with Gasteiger partial charge in [0.05, 0.1) is 12.5 Å². The molecule has 0 unspecified atom stereocenters. The van der Waals surface area contributed by atoms with E-state index < -0.39 is 0 Å². The first-order valence-corrected chi connectivity index (χ1v) is 7.53. The first-order valence-electron chi connectivity index (χ1n) is 6.74. The van der Waals surface area contributed by atoms with Crippen LogP contribution in [0.3, 0.4) is 0 Å². The van der Waals surface area contributed by atoms with Crippen molar-refractivity contribution in [2.24, 2.45) is 0 Å². The van der Waals surface area contributed by atoms with Crippen LogP contribution in [0.25, 0.3) is 0 Å². The summed E-state index contributed by atoms with van der Waals surface area (Å²) in [5.41, 5.74) is 1.03. The lowest BCUT2D eigenvalue weighted by atomic mass is 9.92. The Labute approximate surface area is 122 Å². The normalized spacial score (nSPS) is 23.1. The third kappa shape index (κ3) is 4.05. The lowest BCUT2D eigenvalue weighted by molar-refractivity contribution is -0.132. The number of aliphatic hydroxyl groups is 1. The molecule has 1 aromatic rings. The third-order valence-corrected chi connectivity index (χ3v) is 4.34. The molecule has 19 heavy (non-hydrogen) atoms. The van der Waals surface area contributed by atoms with Crippen LogP contribution >= 0.6 is 15.9 Å². The van der Waals surface area contributed by atoms with Gasteiger partial charge in [-0.15, -0.1) is 0 Å². The Morgan fingerprint density at radius 3 is 2.68 bits per heavy atom. The van der Waals surface area contributed by atoms with E-state index in [0.717, 1.165) is 35.7 Å². The van der Waals surface area contributed by atoms with Gasteiger partial charge in [0.25, 0.3) is 0 Å². The molecule has 1 fully saturated rings. The molecule has 3 nitrogen and oxygen atoms in total. The number of carbonyl (C=O) groups is 1. The highest BCUT2D eigenvalue weighted by Crippen LogP contribution is 2.23. The minimum atomic E-state index is -0.176. The molecule has 1 aromatic carbocycles. The predicted octanol–water partition coefficient (Wildman–Crippen LogP) is 2.75. The number of halogens is 1. The molecule has 1 amide bonds. The van der Waals surface area contributed by atoms with E-state index in [1.165, 1.54) is 0 Å². The zero-order valence-electron chi connectivity index (χ0n) is 11.2. The van der Waals surface area contributed by atoms with Crippen LogP contribution in [0.4, 0.5) is 0 Å². The number of amides is 1. The van der Waals surface area contributed by atoms with Crippen LogP contribution in [0.1, 0.15) is 31.2 Å². The standard InChI is InChI=1S/C15H20BrNO2/c1-17(13-5-7-14(18)8-6-13)15(19)10-11-3-2-4-12(16)9-11/h2-4,9,13-14,18H,5-8,10H2,1H3. The highest BCUT2D eigenvalue weighted by Gasteiger charge is 2.25. The Hall–Kier alpha value is -0.870. The number of carbonyl (C=O) groups excluding carboxylic acids is 1. The van der Waals surface area contributed by atoms with Crippen molar-refractivity contribution < 1.29 is 9.90 Å². The van der Waals surface area contributed by atoms with Gasteiger partial charge in [-0.3, -0.25) is 4.79 Å². The maximum absolute atomic E-state index is 12.3. The summed E-state index contributed by atoms with van der Waals surface area (Å²) in [6.07, 6.45) is 3.68. The van der Waals surface area contributed by atoms with E-state index in [2.05, 4.69) is 15.9 Å². The van der Waals surface area contributed by atoms with E-state index in [-0.39, 0.29) is 18.1 Å². The Bertz CT molecular complexity index is 442. The van der Waals surface area contributed by atoms with Crippen LogP contribution in [-0.4, -0.2) is 35.1 Å².